The predicted molar refractivity (Wildman–Crippen MR) is 89.6 cm³/mol. The number of aryl methyl sites for hydroxylation is 1. The Morgan fingerprint density at radius 2 is 2.00 bits per heavy atom. The maximum absolute atomic E-state index is 12.1. The summed E-state index contributed by atoms with van der Waals surface area (Å²) in [4.78, 5) is 12.1. The van der Waals surface area contributed by atoms with Crippen molar-refractivity contribution < 1.29 is 4.79 Å². The van der Waals surface area contributed by atoms with Gasteiger partial charge in [-0.1, -0.05) is 61.2 Å². The fraction of sp³-hybridized carbons (Fsp3) is 0.400. The van der Waals surface area contributed by atoms with E-state index in [2.05, 4.69) is 29.4 Å². The number of hydrogen-bond acceptors (Lipinski definition) is 6. The Labute approximate surface area is 133 Å². The van der Waals surface area contributed by atoms with Crippen LogP contribution in [-0.2, 0) is 6.42 Å². The lowest BCUT2D eigenvalue weighted by Crippen LogP contribution is -2.02. The summed E-state index contributed by atoms with van der Waals surface area (Å²) in [6.07, 6.45) is 2.04. The standard InChI is InChI=1S/C15H19N3OS2/c1-3-9-16-14-17-18-15(21-14)20-10-13(19)12-7-5-11(4-2)6-8-12/h5-8H,3-4,9-10H2,1-2H3,(H,16,17). The van der Waals surface area contributed by atoms with Gasteiger partial charge in [-0.3, -0.25) is 4.79 Å². The molecule has 0 bridgehead atoms. The molecule has 0 aliphatic carbocycles. The second-order valence-electron chi connectivity index (χ2n) is 4.56. The largest absolute Gasteiger partial charge is 0.360 e. The van der Waals surface area contributed by atoms with E-state index in [1.54, 1.807) is 0 Å². The Hall–Kier alpha value is -1.40. The number of carbonyl (C=O) groups is 1. The highest BCUT2D eigenvalue weighted by Crippen LogP contribution is 2.26. The second kappa shape index (κ2) is 8.14. The van der Waals surface area contributed by atoms with Crippen LogP contribution in [0.2, 0.25) is 0 Å². The zero-order valence-electron chi connectivity index (χ0n) is 12.3. The number of carbonyl (C=O) groups excluding carboxylic acids is 1. The Balaban J connectivity index is 1.86. The number of Topliss-reactive ketones (excluding diaryl/α,β-unsaturated/α-hetero) is 1. The molecule has 0 spiro atoms. The van der Waals surface area contributed by atoms with Gasteiger partial charge in [-0.05, 0) is 18.4 Å². The first-order chi connectivity index (χ1) is 10.2. The van der Waals surface area contributed by atoms with Crippen LogP contribution in [0.4, 0.5) is 5.13 Å². The number of rotatable bonds is 8. The van der Waals surface area contributed by atoms with E-state index in [0.29, 0.717) is 5.75 Å². The van der Waals surface area contributed by atoms with Gasteiger partial charge in [-0.2, -0.15) is 0 Å². The molecular formula is C15H19N3OS2. The molecule has 0 atom stereocenters. The second-order valence-corrected chi connectivity index (χ2v) is 6.76. The summed E-state index contributed by atoms with van der Waals surface area (Å²) in [5, 5.41) is 12.1. The number of benzene rings is 1. The van der Waals surface area contributed by atoms with Crippen molar-refractivity contribution in [2.45, 2.75) is 31.0 Å². The number of nitrogens with one attached hydrogen (secondary N) is 1. The molecule has 0 amide bonds. The van der Waals surface area contributed by atoms with Gasteiger partial charge in [-0.25, -0.2) is 0 Å². The Morgan fingerprint density at radius 3 is 2.67 bits per heavy atom. The zero-order valence-corrected chi connectivity index (χ0v) is 13.9. The third-order valence-corrected chi connectivity index (χ3v) is 4.96. The summed E-state index contributed by atoms with van der Waals surface area (Å²) in [6.45, 7) is 5.10. The molecule has 0 unspecified atom stereocenters. The van der Waals surface area contributed by atoms with E-state index in [1.807, 2.05) is 24.3 Å². The molecule has 6 heteroatoms. The molecule has 0 radical (unpaired) electrons. The van der Waals surface area contributed by atoms with Crippen LogP contribution in [0.5, 0.6) is 0 Å². The first-order valence-electron chi connectivity index (χ1n) is 7.05. The van der Waals surface area contributed by atoms with Gasteiger partial charge < -0.3 is 5.32 Å². The van der Waals surface area contributed by atoms with Crippen LogP contribution in [0.25, 0.3) is 0 Å². The summed E-state index contributed by atoms with van der Waals surface area (Å²) < 4.78 is 0.826. The average molecular weight is 321 g/mol. The summed E-state index contributed by atoms with van der Waals surface area (Å²) >= 11 is 2.94. The highest BCUT2D eigenvalue weighted by Gasteiger charge is 2.10. The highest BCUT2D eigenvalue weighted by atomic mass is 32.2. The van der Waals surface area contributed by atoms with Crippen molar-refractivity contribution in [2.24, 2.45) is 0 Å². The molecule has 1 heterocycles. The SMILES string of the molecule is CCCNc1nnc(SCC(=O)c2ccc(CC)cc2)s1. The lowest BCUT2D eigenvalue weighted by atomic mass is 10.1. The predicted octanol–water partition coefficient (Wildman–Crippen LogP) is 3.90. The van der Waals surface area contributed by atoms with Crippen LogP contribution in [0.15, 0.2) is 28.6 Å². The lowest BCUT2D eigenvalue weighted by molar-refractivity contribution is 0.102. The third-order valence-electron chi connectivity index (χ3n) is 2.94. The molecule has 0 fully saturated rings. The number of ketones is 1. The monoisotopic (exact) mass is 321 g/mol. The molecule has 2 rings (SSSR count). The highest BCUT2D eigenvalue weighted by molar-refractivity contribution is 8.01. The van der Waals surface area contributed by atoms with Crippen LogP contribution in [-0.4, -0.2) is 28.3 Å². The van der Waals surface area contributed by atoms with Gasteiger partial charge in [0.15, 0.2) is 10.1 Å². The molecule has 2 aromatic rings. The van der Waals surface area contributed by atoms with Crippen LogP contribution >= 0.6 is 23.1 Å². The van der Waals surface area contributed by atoms with Crippen molar-refractivity contribution >= 4 is 34.0 Å². The zero-order chi connectivity index (χ0) is 15.1. The van der Waals surface area contributed by atoms with Gasteiger partial charge in [0.2, 0.25) is 5.13 Å². The molecule has 0 aliphatic rings. The van der Waals surface area contributed by atoms with E-state index in [0.717, 1.165) is 34.4 Å². The minimum absolute atomic E-state index is 0.126. The van der Waals surface area contributed by atoms with Crippen LogP contribution in [0, 0.1) is 0 Å². The Bertz CT molecular complexity index is 581. The number of anilines is 1. The molecule has 1 N–H and O–H groups in total. The van der Waals surface area contributed by atoms with Gasteiger partial charge in [0.1, 0.15) is 0 Å². The van der Waals surface area contributed by atoms with Crippen molar-refractivity contribution in [3.63, 3.8) is 0 Å². The summed E-state index contributed by atoms with van der Waals surface area (Å²) in [7, 11) is 0. The topological polar surface area (TPSA) is 54.9 Å². The van der Waals surface area contributed by atoms with Crippen molar-refractivity contribution in [1.29, 1.82) is 0 Å². The van der Waals surface area contributed by atoms with Crippen molar-refractivity contribution in [1.82, 2.24) is 10.2 Å². The average Bonchev–Trinajstić information content (AvgIpc) is 2.98. The molecule has 0 saturated carbocycles. The van der Waals surface area contributed by atoms with E-state index >= 15 is 0 Å². The number of nitrogens with zero attached hydrogens (tertiary/aromatic N) is 2. The fourth-order valence-corrected chi connectivity index (χ4v) is 3.38. The first kappa shape index (κ1) is 16.0. The van der Waals surface area contributed by atoms with Gasteiger partial charge in [-0.15, -0.1) is 10.2 Å². The fourth-order valence-electron chi connectivity index (χ4n) is 1.71. The van der Waals surface area contributed by atoms with Crippen LogP contribution in [0.1, 0.15) is 36.2 Å². The third kappa shape index (κ3) is 4.82. The maximum Gasteiger partial charge on any atom is 0.206 e. The minimum atomic E-state index is 0.126. The Morgan fingerprint density at radius 1 is 1.24 bits per heavy atom. The van der Waals surface area contributed by atoms with Crippen molar-refractivity contribution in [3.8, 4) is 0 Å². The number of aromatic nitrogens is 2. The van der Waals surface area contributed by atoms with E-state index in [-0.39, 0.29) is 5.78 Å². The van der Waals surface area contributed by atoms with E-state index in [4.69, 9.17) is 0 Å². The van der Waals surface area contributed by atoms with Gasteiger partial charge in [0, 0.05) is 12.1 Å². The summed E-state index contributed by atoms with van der Waals surface area (Å²) in [6, 6.07) is 7.82. The lowest BCUT2D eigenvalue weighted by Gasteiger charge is -2.01. The van der Waals surface area contributed by atoms with E-state index < -0.39 is 0 Å². The molecule has 0 aliphatic heterocycles. The Kier molecular flexibility index (Phi) is 6.20. The molecular weight excluding hydrogens is 302 g/mol. The maximum atomic E-state index is 12.1. The van der Waals surface area contributed by atoms with Gasteiger partial charge in [0.05, 0.1) is 5.75 Å². The molecule has 1 aromatic heterocycles. The normalized spacial score (nSPS) is 10.6. The molecule has 1 aromatic carbocycles. The van der Waals surface area contributed by atoms with Crippen molar-refractivity contribution in [3.05, 3.63) is 35.4 Å². The summed E-state index contributed by atoms with van der Waals surface area (Å²) in [5.74, 6) is 0.523. The minimum Gasteiger partial charge on any atom is -0.360 e. The smallest absolute Gasteiger partial charge is 0.206 e. The number of hydrogen-bond donors (Lipinski definition) is 1. The van der Waals surface area contributed by atoms with E-state index in [9.17, 15) is 4.79 Å². The van der Waals surface area contributed by atoms with E-state index in [1.165, 1.54) is 28.7 Å². The first-order valence-corrected chi connectivity index (χ1v) is 8.85. The summed E-state index contributed by atoms with van der Waals surface area (Å²) in [5.41, 5.74) is 2.00. The molecule has 0 saturated heterocycles. The molecule has 4 nitrogen and oxygen atoms in total. The van der Waals surface area contributed by atoms with Gasteiger partial charge >= 0.3 is 0 Å². The van der Waals surface area contributed by atoms with Gasteiger partial charge in [0.25, 0.3) is 0 Å². The van der Waals surface area contributed by atoms with Crippen LogP contribution < -0.4 is 5.32 Å². The molecule has 21 heavy (non-hydrogen) atoms. The quantitative estimate of drug-likeness (QED) is 0.590. The van der Waals surface area contributed by atoms with Crippen LogP contribution in [0.3, 0.4) is 0 Å². The molecule has 112 valence electrons. The van der Waals surface area contributed by atoms with Crippen molar-refractivity contribution in [2.75, 3.05) is 17.6 Å². The number of thioether (sulfide) groups is 1.